The van der Waals surface area contributed by atoms with E-state index in [2.05, 4.69) is 0 Å². The van der Waals surface area contributed by atoms with Crippen LogP contribution in [0.5, 0.6) is 0 Å². The summed E-state index contributed by atoms with van der Waals surface area (Å²) >= 11 is 0. The first kappa shape index (κ1) is 11.0. The van der Waals surface area contributed by atoms with E-state index in [1.54, 1.807) is 14.2 Å². The van der Waals surface area contributed by atoms with E-state index in [-0.39, 0.29) is 31.0 Å². The van der Waals surface area contributed by atoms with Crippen molar-refractivity contribution in [3.05, 3.63) is 0 Å². The number of hydrogen-bond donors (Lipinski definition) is 0. The van der Waals surface area contributed by atoms with Crippen molar-refractivity contribution in [2.75, 3.05) is 14.2 Å². The van der Waals surface area contributed by atoms with Gasteiger partial charge in [-0.15, -0.1) is 0 Å². The molecule has 0 aliphatic heterocycles. The fraction of sp³-hybridized carbons (Fsp3) is 1.00. The van der Waals surface area contributed by atoms with E-state index in [4.69, 9.17) is 8.85 Å². The first-order valence-electron chi connectivity index (χ1n) is 1.87. The standard InChI is InChI=1S/C3H10O2Si.Na.H/c1-4-6(3)5-2;;/h6H,1-3H3;;/q;+1;-1. The molecule has 0 aliphatic rings. The molecule has 0 bridgehead atoms. The molecule has 0 saturated heterocycles. The zero-order valence-electron chi connectivity index (χ0n) is 6.39. The molecule has 0 aromatic carbocycles. The smallest absolute Gasteiger partial charge is 1.00 e. The van der Waals surface area contributed by atoms with E-state index in [0.29, 0.717) is 0 Å². The predicted molar refractivity (Wildman–Crippen MR) is 28.1 cm³/mol. The molecule has 0 amide bonds. The van der Waals surface area contributed by atoms with E-state index in [0.717, 1.165) is 0 Å². The molecule has 0 rings (SSSR count). The minimum absolute atomic E-state index is 0. The van der Waals surface area contributed by atoms with Gasteiger partial charge in [-0.3, -0.25) is 0 Å². The van der Waals surface area contributed by atoms with Gasteiger partial charge < -0.3 is 10.3 Å². The summed E-state index contributed by atoms with van der Waals surface area (Å²) in [6.07, 6.45) is 0. The quantitative estimate of drug-likeness (QED) is 0.377. The van der Waals surface area contributed by atoms with E-state index >= 15 is 0 Å². The molecule has 0 aromatic heterocycles. The van der Waals surface area contributed by atoms with Crippen molar-refractivity contribution in [3.8, 4) is 0 Å². The monoisotopic (exact) mass is 130 g/mol. The fourth-order valence-electron chi connectivity index (χ4n) is 0.0962. The Morgan fingerprint density at radius 1 is 1.29 bits per heavy atom. The molecular weight excluding hydrogens is 119 g/mol. The molecule has 0 heterocycles. The molecule has 4 heteroatoms. The van der Waals surface area contributed by atoms with Gasteiger partial charge in [-0.1, -0.05) is 0 Å². The molecular formula is C3H11NaO2Si. The molecule has 7 heavy (non-hydrogen) atoms. The van der Waals surface area contributed by atoms with Crippen LogP contribution in [-0.4, -0.2) is 23.5 Å². The van der Waals surface area contributed by atoms with E-state index in [9.17, 15) is 0 Å². The molecule has 40 valence electrons. The van der Waals surface area contributed by atoms with Crippen LogP contribution in [0.25, 0.3) is 0 Å². The topological polar surface area (TPSA) is 18.5 Å². The summed E-state index contributed by atoms with van der Waals surface area (Å²) in [5.74, 6) is 0. The summed E-state index contributed by atoms with van der Waals surface area (Å²) in [6, 6.07) is 0. The van der Waals surface area contributed by atoms with Crippen molar-refractivity contribution in [1.82, 2.24) is 0 Å². The molecule has 0 atom stereocenters. The van der Waals surface area contributed by atoms with Crippen LogP contribution in [-0.2, 0) is 8.85 Å². The molecule has 0 unspecified atom stereocenters. The van der Waals surface area contributed by atoms with Gasteiger partial charge in [0.1, 0.15) is 0 Å². The Kier molecular flexibility index (Phi) is 11.2. The third-order valence-electron chi connectivity index (χ3n) is 0.664. The molecule has 0 spiro atoms. The third-order valence-corrected chi connectivity index (χ3v) is 1.99. The van der Waals surface area contributed by atoms with Gasteiger partial charge in [0, 0.05) is 14.2 Å². The second kappa shape index (κ2) is 7.14. The average Bonchev–Trinajstić information content (AvgIpc) is 1.65. The summed E-state index contributed by atoms with van der Waals surface area (Å²) in [4.78, 5) is 0. The van der Waals surface area contributed by atoms with Crippen LogP contribution in [0.4, 0.5) is 0 Å². The summed E-state index contributed by atoms with van der Waals surface area (Å²) in [7, 11) is 2.17. The van der Waals surface area contributed by atoms with Gasteiger partial charge in [-0.25, -0.2) is 0 Å². The van der Waals surface area contributed by atoms with Crippen molar-refractivity contribution >= 4 is 9.28 Å². The van der Waals surface area contributed by atoms with Gasteiger partial charge in [-0.2, -0.15) is 0 Å². The Bertz CT molecular complexity index is 36.5. The maximum Gasteiger partial charge on any atom is 1.00 e. The van der Waals surface area contributed by atoms with Crippen LogP contribution in [0, 0.1) is 0 Å². The zero-order valence-corrected chi connectivity index (χ0v) is 8.55. The first-order chi connectivity index (χ1) is 2.81. The second-order valence-corrected chi connectivity index (χ2v) is 3.12. The largest absolute Gasteiger partial charge is 1.00 e. The van der Waals surface area contributed by atoms with Crippen molar-refractivity contribution in [1.29, 1.82) is 0 Å². The maximum atomic E-state index is 4.82. The minimum atomic E-state index is -1.16. The van der Waals surface area contributed by atoms with Gasteiger partial charge >= 0.3 is 38.8 Å². The van der Waals surface area contributed by atoms with Crippen molar-refractivity contribution in [2.24, 2.45) is 0 Å². The summed E-state index contributed by atoms with van der Waals surface area (Å²) in [6.45, 7) is 1.97. The third kappa shape index (κ3) is 7.14. The Labute approximate surface area is 69.8 Å². The Balaban J connectivity index is -0.000000125. The van der Waals surface area contributed by atoms with Crippen LogP contribution in [0.1, 0.15) is 1.43 Å². The summed E-state index contributed by atoms with van der Waals surface area (Å²) in [5, 5.41) is 0. The molecule has 2 nitrogen and oxygen atoms in total. The second-order valence-electron chi connectivity index (χ2n) is 1.04. The first-order valence-corrected chi connectivity index (χ1v) is 3.96. The van der Waals surface area contributed by atoms with Crippen LogP contribution in [0.15, 0.2) is 0 Å². The van der Waals surface area contributed by atoms with Gasteiger partial charge in [-0.05, 0) is 6.55 Å². The fourth-order valence-corrected chi connectivity index (χ4v) is 0.289. The average molecular weight is 130 g/mol. The molecule has 0 aliphatic carbocycles. The molecule has 0 fully saturated rings. The summed E-state index contributed by atoms with van der Waals surface area (Å²) < 4.78 is 9.63. The van der Waals surface area contributed by atoms with Crippen LogP contribution >= 0.6 is 0 Å². The van der Waals surface area contributed by atoms with Crippen LogP contribution < -0.4 is 29.6 Å². The minimum Gasteiger partial charge on any atom is -1.00 e. The normalized spacial score (nSPS) is 8.57. The van der Waals surface area contributed by atoms with E-state index in [1.165, 1.54) is 0 Å². The molecule has 0 saturated carbocycles. The zero-order chi connectivity index (χ0) is 4.99. The maximum absolute atomic E-state index is 4.82. The molecule has 0 radical (unpaired) electrons. The number of hydrogen-bond acceptors (Lipinski definition) is 2. The van der Waals surface area contributed by atoms with Crippen molar-refractivity contribution < 1.29 is 39.8 Å². The Morgan fingerprint density at radius 3 is 1.57 bits per heavy atom. The Hall–Kier alpha value is 1.14. The van der Waals surface area contributed by atoms with Crippen molar-refractivity contribution in [3.63, 3.8) is 0 Å². The van der Waals surface area contributed by atoms with Gasteiger partial charge in [0.2, 0.25) is 0 Å². The molecule has 0 N–H and O–H groups in total. The Morgan fingerprint density at radius 2 is 1.57 bits per heavy atom. The van der Waals surface area contributed by atoms with Crippen LogP contribution in [0.3, 0.4) is 0 Å². The molecule has 0 aromatic rings. The predicted octanol–water partition coefficient (Wildman–Crippen LogP) is -2.75. The van der Waals surface area contributed by atoms with E-state index in [1.807, 2.05) is 6.55 Å². The number of rotatable bonds is 2. The SMILES string of the molecule is CO[SiH](C)OC.[H-].[Na+]. The van der Waals surface area contributed by atoms with Crippen molar-refractivity contribution in [2.45, 2.75) is 6.55 Å². The van der Waals surface area contributed by atoms with Gasteiger partial charge in [0.25, 0.3) is 0 Å². The van der Waals surface area contributed by atoms with Crippen LogP contribution in [0.2, 0.25) is 6.55 Å². The van der Waals surface area contributed by atoms with Gasteiger partial charge in [0.05, 0.1) is 0 Å². The summed E-state index contributed by atoms with van der Waals surface area (Å²) in [5.41, 5.74) is 0. The van der Waals surface area contributed by atoms with E-state index < -0.39 is 9.28 Å². The van der Waals surface area contributed by atoms with Gasteiger partial charge in [0.15, 0.2) is 0 Å².